The van der Waals surface area contributed by atoms with Gasteiger partial charge in [0.05, 0.1) is 21.2 Å². The van der Waals surface area contributed by atoms with E-state index < -0.39 is 17.6 Å². The molecule has 2 rings (SSSR count). The summed E-state index contributed by atoms with van der Waals surface area (Å²) in [5, 5.41) is 8.52. The molecule has 112 valence electrons. The normalized spacial score (nSPS) is 10.9. The molecule has 0 amide bonds. The van der Waals surface area contributed by atoms with Crippen LogP contribution in [0.4, 0.5) is 4.39 Å². The van der Waals surface area contributed by atoms with Crippen molar-refractivity contribution >= 4 is 41.0 Å². The van der Waals surface area contributed by atoms with Crippen molar-refractivity contribution in [2.75, 3.05) is 0 Å². The Kier molecular flexibility index (Phi) is 4.96. The molecule has 0 fully saturated rings. The highest BCUT2D eigenvalue weighted by molar-refractivity contribution is 6.40. The Morgan fingerprint density at radius 3 is 2.27 bits per heavy atom. The van der Waals surface area contributed by atoms with Gasteiger partial charge >= 0.3 is 5.97 Å². The van der Waals surface area contributed by atoms with E-state index in [1.54, 1.807) is 12.1 Å². The predicted octanol–water partition coefficient (Wildman–Crippen LogP) is 4.73. The number of hydrogen-bond acceptors (Lipinski definition) is 2. The van der Waals surface area contributed by atoms with Crippen molar-refractivity contribution in [3.63, 3.8) is 0 Å². The summed E-state index contributed by atoms with van der Waals surface area (Å²) in [5.74, 6) is -2.31. The molecule has 0 atom stereocenters. The van der Waals surface area contributed by atoms with E-state index in [2.05, 4.69) is 0 Å². The van der Waals surface area contributed by atoms with Crippen LogP contribution in [0.3, 0.4) is 0 Å². The fraction of sp³-hybridized carbons (Fsp3) is 0. The average Bonchev–Trinajstić information content (AvgIpc) is 2.49. The third-order valence-electron chi connectivity index (χ3n) is 2.88. The largest absolute Gasteiger partial charge is 0.478 e. The average molecular weight is 339 g/mol. The second-order valence-electron chi connectivity index (χ2n) is 4.34. The maximum absolute atomic E-state index is 13.4. The zero-order valence-electron chi connectivity index (χ0n) is 11.0. The smallest absolute Gasteiger partial charge is 0.335 e. The monoisotopic (exact) mass is 338 g/mol. The van der Waals surface area contributed by atoms with Gasteiger partial charge in [0.1, 0.15) is 5.82 Å². The fourth-order valence-electron chi connectivity index (χ4n) is 1.74. The van der Waals surface area contributed by atoms with Crippen LogP contribution in [-0.2, 0) is 0 Å². The van der Waals surface area contributed by atoms with Crippen molar-refractivity contribution in [1.82, 2.24) is 0 Å². The first-order chi connectivity index (χ1) is 10.4. The molecule has 0 spiro atoms. The molecule has 6 heteroatoms. The van der Waals surface area contributed by atoms with Crippen LogP contribution in [0, 0.1) is 5.82 Å². The minimum Gasteiger partial charge on any atom is -0.478 e. The van der Waals surface area contributed by atoms with E-state index in [1.165, 1.54) is 30.4 Å². The maximum Gasteiger partial charge on any atom is 0.335 e. The molecule has 0 aliphatic carbocycles. The van der Waals surface area contributed by atoms with E-state index >= 15 is 0 Å². The Morgan fingerprint density at radius 1 is 1.05 bits per heavy atom. The van der Waals surface area contributed by atoms with Crippen LogP contribution in [0.1, 0.15) is 26.3 Å². The van der Waals surface area contributed by atoms with Crippen molar-refractivity contribution in [2.45, 2.75) is 0 Å². The molecule has 0 unspecified atom stereocenters. The van der Waals surface area contributed by atoms with E-state index in [-0.39, 0.29) is 21.2 Å². The molecule has 1 N–H and O–H groups in total. The predicted molar refractivity (Wildman–Crippen MR) is 83.2 cm³/mol. The summed E-state index contributed by atoms with van der Waals surface area (Å²) in [4.78, 5) is 22.8. The second kappa shape index (κ2) is 6.73. The summed E-state index contributed by atoms with van der Waals surface area (Å²) < 4.78 is 13.4. The lowest BCUT2D eigenvalue weighted by atomic mass is 10.1. The van der Waals surface area contributed by atoms with Crippen LogP contribution in [0.15, 0.2) is 42.5 Å². The highest BCUT2D eigenvalue weighted by Crippen LogP contribution is 2.28. The fourth-order valence-corrected chi connectivity index (χ4v) is 2.30. The van der Waals surface area contributed by atoms with Crippen LogP contribution in [-0.4, -0.2) is 16.9 Å². The molecule has 22 heavy (non-hydrogen) atoms. The molecule has 0 radical (unpaired) electrons. The third kappa shape index (κ3) is 3.53. The van der Waals surface area contributed by atoms with E-state index in [1.807, 2.05) is 0 Å². The van der Waals surface area contributed by atoms with Gasteiger partial charge in [0, 0.05) is 0 Å². The number of ketones is 1. The lowest BCUT2D eigenvalue weighted by Gasteiger charge is -2.04. The van der Waals surface area contributed by atoms with Gasteiger partial charge < -0.3 is 5.11 Å². The van der Waals surface area contributed by atoms with Gasteiger partial charge in [0.15, 0.2) is 5.78 Å². The number of carbonyl (C=O) groups is 2. The summed E-state index contributed by atoms with van der Waals surface area (Å²) in [6.07, 6.45) is 2.66. The minimum absolute atomic E-state index is 0.0577. The van der Waals surface area contributed by atoms with Crippen molar-refractivity contribution < 1.29 is 19.1 Å². The Balaban J connectivity index is 2.25. The minimum atomic E-state index is -1.04. The van der Waals surface area contributed by atoms with Crippen LogP contribution in [0.2, 0.25) is 10.0 Å². The molecule has 2 aromatic rings. The SMILES string of the molecule is O=C(O)c1ccc(/C=C/C(=O)c2c(Cl)ccc(F)c2Cl)cc1. The number of halogens is 3. The van der Waals surface area contributed by atoms with Gasteiger partial charge in [-0.1, -0.05) is 41.4 Å². The molecule has 3 nitrogen and oxygen atoms in total. The van der Waals surface area contributed by atoms with Gasteiger partial charge in [-0.3, -0.25) is 4.79 Å². The standard InChI is InChI=1S/C16H9Cl2FO3/c17-11-6-7-12(19)15(18)14(11)13(20)8-3-9-1-4-10(5-2-9)16(21)22/h1-8H,(H,21,22)/b8-3+. The molecular formula is C16H9Cl2FO3. The molecule has 0 bridgehead atoms. The molecule has 0 saturated carbocycles. The topological polar surface area (TPSA) is 54.4 Å². The van der Waals surface area contributed by atoms with Gasteiger partial charge in [0.2, 0.25) is 0 Å². The van der Waals surface area contributed by atoms with E-state index in [4.69, 9.17) is 28.3 Å². The highest BCUT2D eigenvalue weighted by Gasteiger charge is 2.15. The Labute approximate surface area is 135 Å². The summed E-state index contributed by atoms with van der Waals surface area (Å²) in [6, 6.07) is 8.24. The Bertz CT molecular complexity index is 768. The molecule has 0 aliphatic rings. The molecular weight excluding hydrogens is 330 g/mol. The van der Waals surface area contributed by atoms with Crippen LogP contribution < -0.4 is 0 Å². The number of rotatable bonds is 4. The number of carboxylic acids is 1. The van der Waals surface area contributed by atoms with E-state index in [0.29, 0.717) is 5.56 Å². The first-order valence-electron chi connectivity index (χ1n) is 6.09. The van der Waals surface area contributed by atoms with Gasteiger partial charge in [-0.25, -0.2) is 9.18 Å². The number of carboxylic acid groups (broad SMARTS) is 1. The highest BCUT2D eigenvalue weighted by atomic mass is 35.5. The number of aromatic carboxylic acids is 1. The molecule has 0 heterocycles. The molecule has 0 saturated heterocycles. The van der Waals surface area contributed by atoms with Gasteiger partial charge in [-0.2, -0.15) is 0 Å². The summed E-state index contributed by atoms with van der Waals surface area (Å²) >= 11 is 11.6. The van der Waals surface area contributed by atoms with Gasteiger partial charge in [0.25, 0.3) is 0 Å². The molecule has 0 aromatic heterocycles. The summed E-state index contributed by atoms with van der Waals surface area (Å²) in [6.45, 7) is 0. The Hall–Kier alpha value is -2.17. The van der Waals surface area contributed by atoms with E-state index in [9.17, 15) is 14.0 Å². The number of allylic oxidation sites excluding steroid dienone is 1. The molecule has 2 aromatic carbocycles. The second-order valence-corrected chi connectivity index (χ2v) is 5.13. The van der Waals surface area contributed by atoms with Crippen molar-refractivity contribution in [3.8, 4) is 0 Å². The zero-order chi connectivity index (χ0) is 16.3. The van der Waals surface area contributed by atoms with Crippen molar-refractivity contribution in [2.24, 2.45) is 0 Å². The van der Waals surface area contributed by atoms with Gasteiger partial charge in [-0.05, 0) is 35.9 Å². The van der Waals surface area contributed by atoms with Crippen LogP contribution in [0.25, 0.3) is 6.08 Å². The summed E-state index contributed by atoms with van der Waals surface area (Å²) in [5.41, 5.74) is 0.642. The van der Waals surface area contributed by atoms with Crippen molar-refractivity contribution in [1.29, 1.82) is 0 Å². The van der Waals surface area contributed by atoms with Crippen LogP contribution >= 0.6 is 23.2 Å². The quantitative estimate of drug-likeness (QED) is 0.498. The van der Waals surface area contributed by atoms with Gasteiger partial charge in [-0.15, -0.1) is 0 Å². The van der Waals surface area contributed by atoms with Crippen molar-refractivity contribution in [3.05, 3.63) is 75.0 Å². The lowest BCUT2D eigenvalue weighted by Crippen LogP contribution is -1.99. The number of hydrogen-bond donors (Lipinski definition) is 1. The third-order valence-corrected chi connectivity index (χ3v) is 3.56. The first-order valence-corrected chi connectivity index (χ1v) is 6.85. The number of carbonyl (C=O) groups excluding carboxylic acids is 1. The Morgan fingerprint density at radius 2 is 1.68 bits per heavy atom. The first kappa shape index (κ1) is 16.2. The molecule has 0 aliphatic heterocycles. The van der Waals surface area contributed by atoms with Crippen LogP contribution in [0.5, 0.6) is 0 Å². The van der Waals surface area contributed by atoms with E-state index in [0.717, 1.165) is 6.07 Å². The summed E-state index contributed by atoms with van der Waals surface area (Å²) in [7, 11) is 0. The maximum atomic E-state index is 13.4. The number of benzene rings is 2. The zero-order valence-corrected chi connectivity index (χ0v) is 12.5. The lowest BCUT2D eigenvalue weighted by molar-refractivity contribution is 0.0696.